The van der Waals surface area contributed by atoms with Crippen LogP contribution in [0.4, 0.5) is 8.78 Å². The van der Waals surface area contributed by atoms with Gasteiger partial charge in [-0.3, -0.25) is 4.79 Å². The van der Waals surface area contributed by atoms with Gasteiger partial charge in [0.25, 0.3) is 11.7 Å². The van der Waals surface area contributed by atoms with Crippen LogP contribution in [0.1, 0.15) is 28.2 Å². The molecule has 1 rings (SSSR count). The van der Waals surface area contributed by atoms with Crippen LogP contribution in [0.5, 0.6) is 5.75 Å². The van der Waals surface area contributed by atoms with E-state index in [2.05, 4.69) is 9.72 Å². The lowest BCUT2D eigenvalue weighted by Gasteiger charge is -2.08. The number of hydrogen-bond donors (Lipinski definition) is 0. The van der Waals surface area contributed by atoms with Gasteiger partial charge in [-0.25, -0.2) is 13.8 Å². The number of carbonyl (C=O) groups is 1. The SMILES string of the molecule is COc1cc(C(F)F)c(C(=O)Cl)nc1C#N. The van der Waals surface area contributed by atoms with E-state index in [4.69, 9.17) is 16.9 Å². The molecular formula is C9H5ClF2N2O2. The van der Waals surface area contributed by atoms with E-state index >= 15 is 0 Å². The molecule has 16 heavy (non-hydrogen) atoms. The zero-order valence-electron chi connectivity index (χ0n) is 8.00. The van der Waals surface area contributed by atoms with E-state index in [0.717, 1.165) is 6.07 Å². The number of methoxy groups -OCH3 is 1. The molecule has 0 aliphatic carbocycles. The second kappa shape index (κ2) is 4.86. The van der Waals surface area contributed by atoms with Crippen molar-refractivity contribution in [3.8, 4) is 11.8 Å². The van der Waals surface area contributed by atoms with Crippen molar-refractivity contribution in [1.29, 1.82) is 5.26 Å². The molecule has 0 bridgehead atoms. The lowest BCUT2D eigenvalue weighted by Crippen LogP contribution is -2.05. The van der Waals surface area contributed by atoms with Crippen molar-refractivity contribution in [2.45, 2.75) is 6.43 Å². The smallest absolute Gasteiger partial charge is 0.271 e. The number of nitrogens with zero attached hydrogens (tertiary/aromatic N) is 2. The predicted molar refractivity (Wildman–Crippen MR) is 50.6 cm³/mol. The Bertz CT molecular complexity index is 471. The van der Waals surface area contributed by atoms with Crippen molar-refractivity contribution in [2.75, 3.05) is 7.11 Å². The Balaban J connectivity index is 3.49. The lowest BCUT2D eigenvalue weighted by molar-refractivity contribution is 0.106. The van der Waals surface area contributed by atoms with E-state index in [1.807, 2.05) is 0 Å². The van der Waals surface area contributed by atoms with Gasteiger partial charge < -0.3 is 4.74 Å². The van der Waals surface area contributed by atoms with Gasteiger partial charge in [-0.1, -0.05) is 0 Å². The number of aromatic nitrogens is 1. The van der Waals surface area contributed by atoms with Gasteiger partial charge in [-0.2, -0.15) is 5.26 Å². The minimum atomic E-state index is -2.92. The second-order valence-electron chi connectivity index (χ2n) is 2.66. The molecule has 0 saturated heterocycles. The molecule has 1 aromatic rings. The number of alkyl halides is 2. The summed E-state index contributed by atoms with van der Waals surface area (Å²) in [7, 11) is 1.20. The molecule has 0 spiro atoms. The first-order chi connectivity index (χ1) is 7.51. The number of ether oxygens (including phenoxy) is 1. The summed E-state index contributed by atoms with van der Waals surface area (Å²) in [6, 6.07) is 2.50. The van der Waals surface area contributed by atoms with Gasteiger partial charge in [0, 0.05) is 0 Å². The summed E-state index contributed by atoms with van der Waals surface area (Å²) in [5.41, 5.74) is -1.55. The summed E-state index contributed by atoms with van der Waals surface area (Å²) in [6.07, 6.45) is -2.92. The summed E-state index contributed by atoms with van der Waals surface area (Å²) < 4.78 is 29.8. The van der Waals surface area contributed by atoms with Crippen LogP contribution in [-0.2, 0) is 0 Å². The summed E-state index contributed by atoms with van der Waals surface area (Å²) in [5.74, 6) is -0.125. The van der Waals surface area contributed by atoms with Crippen LogP contribution < -0.4 is 4.74 Å². The van der Waals surface area contributed by atoms with Gasteiger partial charge in [0.15, 0.2) is 11.4 Å². The van der Waals surface area contributed by atoms with E-state index in [-0.39, 0.29) is 11.4 Å². The molecule has 0 N–H and O–H groups in total. The molecule has 84 valence electrons. The number of pyridine rings is 1. The number of hydrogen-bond acceptors (Lipinski definition) is 4. The Morgan fingerprint density at radius 3 is 2.69 bits per heavy atom. The van der Waals surface area contributed by atoms with E-state index in [9.17, 15) is 13.6 Å². The second-order valence-corrected chi connectivity index (χ2v) is 3.01. The summed E-state index contributed by atoms with van der Waals surface area (Å²) in [5, 5.41) is 7.51. The molecule has 7 heteroatoms. The Kier molecular flexibility index (Phi) is 3.74. The highest BCUT2D eigenvalue weighted by atomic mass is 35.5. The molecule has 0 amide bonds. The third kappa shape index (κ3) is 2.25. The molecule has 0 aliphatic rings. The van der Waals surface area contributed by atoms with Gasteiger partial charge in [-0.15, -0.1) is 0 Å². The molecule has 0 unspecified atom stereocenters. The maximum Gasteiger partial charge on any atom is 0.271 e. The van der Waals surface area contributed by atoms with Crippen molar-refractivity contribution in [1.82, 2.24) is 4.98 Å². The van der Waals surface area contributed by atoms with Crippen molar-refractivity contribution < 1.29 is 18.3 Å². The molecule has 0 fully saturated rings. The molecule has 1 aromatic heterocycles. The molecule has 0 atom stereocenters. The number of halogens is 3. The number of nitriles is 1. The van der Waals surface area contributed by atoms with Crippen molar-refractivity contribution >= 4 is 16.8 Å². The van der Waals surface area contributed by atoms with Crippen molar-refractivity contribution in [3.63, 3.8) is 0 Å². The molecule has 4 nitrogen and oxygen atoms in total. The van der Waals surface area contributed by atoms with Crippen LogP contribution in [0.3, 0.4) is 0 Å². The average Bonchev–Trinajstić information content (AvgIpc) is 2.26. The number of carbonyl (C=O) groups excluding carboxylic acids is 1. The highest BCUT2D eigenvalue weighted by Gasteiger charge is 2.22. The molecular weight excluding hydrogens is 242 g/mol. The zero-order chi connectivity index (χ0) is 12.3. The third-order valence-electron chi connectivity index (χ3n) is 1.76. The van der Waals surface area contributed by atoms with Gasteiger partial charge in [0.2, 0.25) is 0 Å². The minimum absolute atomic E-state index is 0.125. The summed E-state index contributed by atoms with van der Waals surface area (Å²) in [6.45, 7) is 0. The average molecular weight is 247 g/mol. The summed E-state index contributed by atoms with van der Waals surface area (Å²) in [4.78, 5) is 14.3. The first-order valence-electron chi connectivity index (χ1n) is 3.98. The predicted octanol–water partition coefficient (Wildman–Crippen LogP) is 2.28. The minimum Gasteiger partial charge on any atom is -0.494 e. The van der Waals surface area contributed by atoms with Gasteiger partial charge >= 0.3 is 0 Å². The molecule has 1 heterocycles. The maximum atomic E-state index is 12.6. The fourth-order valence-corrected chi connectivity index (χ4v) is 1.22. The molecule has 0 aliphatic heterocycles. The van der Waals surface area contributed by atoms with Crippen molar-refractivity contribution in [2.24, 2.45) is 0 Å². The van der Waals surface area contributed by atoms with Crippen LogP contribution in [0, 0.1) is 11.3 Å². The molecule has 0 radical (unpaired) electrons. The van der Waals surface area contributed by atoms with Crippen molar-refractivity contribution in [3.05, 3.63) is 23.0 Å². The first-order valence-corrected chi connectivity index (χ1v) is 4.36. The van der Waals surface area contributed by atoms with Crippen LogP contribution in [0.2, 0.25) is 0 Å². The zero-order valence-corrected chi connectivity index (χ0v) is 8.76. The maximum absolute atomic E-state index is 12.6. The Hall–Kier alpha value is -1.74. The summed E-state index contributed by atoms with van der Waals surface area (Å²) >= 11 is 5.09. The van der Waals surface area contributed by atoms with Crippen LogP contribution in [0.15, 0.2) is 6.07 Å². The Labute approximate surface area is 94.4 Å². The standard InChI is InChI=1S/C9H5ClF2N2O2/c1-16-6-2-4(9(11)12)7(8(10)15)14-5(6)3-13/h2,9H,1H3. The van der Waals surface area contributed by atoms with Gasteiger partial charge in [-0.05, 0) is 17.7 Å². The molecule has 0 saturated carbocycles. The Morgan fingerprint density at radius 1 is 1.69 bits per heavy atom. The van der Waals surface area contributed by atoms with Crippen LogP contribution in [0.25, 0.3) is 0 Å². The normalized spacial score (nSPS) is 10.0. The van der Waals surface area contributed by atoms with Gasteiger partial charge in [0.1, 0.15) is 11.8 Å². The lowest BCUT2D eigenvalue weighted by atomic mass is 10.1. The van der Waals surface area contributed by atoms with Gasteiger partial charge in [0.05, 0.1) is 12.7 Å². The Morgan fingerprint density at radius 2 is 2.31 bits per heavy atom. The monoisotopic (exact) mass is 246 g/mol. The largest absolute Gasteiger partial charge is 0.494 e. The fraction of sp³-hybridized carbons (Fsp3) is 0.222. The fourth-order valence-electron chi connectivity index (χ4n) is 1.07. The highest BCUT2D eigenvalue weighted by molar-refractivity contribution is 6.67. The highest BCUT2D eigenvalue weighted by Crippen LogP contribution is 2.28. The third-order valence-corrected chi connectivity index (χ3v) is 1.94. The molecule has 0 aromatic carbocycles. The van der Waals surface area contributed by atoms with E-state index in [0.29, 0.717) is 0 Å². The number of rotatable bonds is 3. The van der Waals surface area contributed by atoms with E-state index < -0.39 is 22.9 Å². The topological polar surface area (TPSA) is 63.0 Å². The van der Waals surface area contributed by atoms with Crippen LogP contribution >= 0.6 is 11.6 Å². The van der Waals surface area contributed by atoms with Crippen LogP contribution in [-0.4, -0.2) is 17.3 Å². The quantitative estimate of drug-likeness (QED) is 0.768. The first kappa shape index (κ1) is 12.3. The van der Waals surface area contributed by atoms with E-state index in [1.54, 1.807) is 6.07 Å². The van der Waals surface area contributed by atoms with E-state index in [1.165, 1.54) is 7.11 Å².